The molecular formula is C14H19ClFN. The van der Waals surface area contributed by atoms with Gasteiger partial charge in [-0.3, -0.25) is 0 Å². The van der Waals surface area contributed by atoms with E-state index in [1.807, 2.05) is 0 Å². The van der Waals surface area contributed by atoms with Crippen molar-refractivity contribution in [1.29, 1.82) is 0 Å². The molecule has 17 heavy (non-hydrogen) atoms. The quantitative estimate of drug-likeness (QED) is 0.834. The monoisotopic (exact) mass is 255 g/mol. The third kappa shape index (κ3) is 2.80. The van der Waals surface area contributed by atoms with Crippen LogP contribution in [0.25, 0.3) is 0 Å². The average molecular weight is 256 g/mol. The first-order chi connectivity index (χ1) is 8.17. The zero-order chi connectivity index (χ0) is 12.3. The van der Waals surface area contributed by atoms with Crippen LogP contribution in [0.1, 0.15) is 38.2 Å². The molecule has 0 spiro atoms. The van der Waals surface area contributed by atoms with E-state index in [2.05, 4.69) is 12.2 Å². The van der Waals surface area contributed by atoms with E-state index in [0.29, 0.717) is 22.5 Å². The number of rotatable bonds is 5. The maximum Gasteiger partial charge on any atom is 0.129 e. The minimum absolute atomic E-state index is 0.218. The van der Waals surface area contributed by atoms with Crippen LogP contribution in [0.4, 0.5) is 4.39 Å². The van der Waals surface area contributed by atoms with Crippen molar-refractivity contribution < 1.29 is 4.39 Å². The molecule has 0 aliphatic heterocycles. The molecule has 0 unspecified atom stereocenters. The highest BCUT2D eigenvalue weighted by molar-refractivity contribution is 6.31. The summed E-state index contributed by atoms with van der Waals surface area (Å²) in [6, 6.07) is 4.84. The molecule has 1 nitrogen and oxygen atoms in total. The van der Waals surface area contributed by atoms with Crippen LogP contribution in [0.3, 0.4) is 0 Å². The Morgan fingerprint density at radius 1 is 1.41 bits per heavy atom. The van der Waals surface area contributed by atoms with E-state index < -0.39 is 0 Å². The summed E-state index contributed by atoms with van der Waals surface area (Å²) >= 11 is 5.98. The number of hydrogen-bond donors (Lipinski definition) is 1. The van der Waals surface area contributed by atoms with Crippen LogP contribution in [-0.4, -0.2) is 6.54 Å². The van der Waals surface area contributed by atoms with Crippen molar-refractivity contribution in [1.82, 2.24) is 5.32 Å². The van der Waals surface area contributed by atoms with Gasteiger partial charge in [-0.25, -0.2) is 4.39 Å². The summed E-state index contributed by atoms with van der Waals surface area (Å²) in [5.74, 6) is -0.218. The van der Waals surface area contributed by atoms with Gasteiger partial charge < -0.3 is 5.32 Å². The standard InChI is InChI=1S/C14H19ClFN/c1-2-14(7-4-8-14)10-17-9-11-12(15)5-3-6-13(11)16/h3,5-6,17H,2,4,7-10H2,1H3. The maximum atomic E-state index is 13.5. The lowest BCUT2D eigenvalue weighted by Crippen LogP contribution is -2.39. The third-order valence-corrected chi connectivity index (χ3v) is 4.38. The molecule has 1 fully saturated rings. The maximum absolute atomic E-state index is 13.5. The van der Waals surface area contributed by atoms with Crippen LogP contribution in [0.5, 0.6) is 0 Å². The molecule has 0 bridgehead atoms. The fourth-order valence-corrected chi connectivity index (χ4v) is 2.72. The van der Waals surface area contributed by atoms with Crippen molar-refractivity contribution >= 4 is 11.6 Å². The Hall–Kier alpha value is -0.600. The second kappa shape index (κ2) is 5.36. The Labute approximate surface area is 107 Å². The van der Waals surface area contributed by atoms with Crippen molar-refractivity contribution in [2.75, 3.05) is 6.54 Å². The predicted octanol–water partition coefficient (Wildman–Crippen LogP) is 4.15. The van der Waals surface area contributed by atoms with Crippen molar-refractivity contribution in [3.63, 3.8) is 0 Å². The molecule has 1 aliphatic rings. The molecule has 1 aliphatic carbocycles. The lowest BCUT2D eigenvalue weighted by molar-refractivity contribution is 0.123. The highest BCUT2D eigenvalue weighted by atomic mass is 35.5. The Morgan fingerprint density at radius 2 is 2.18 bits per heavy atom. The molecular weight excluding hydrogens is 237 g/mol. The van der Waals surface area contributed by atoms with Gasteiger partial charge in [0.15, 0.2) is 0 Å². The molecule has 0 radical (unpaired) electrons. The van der Waals surface area contributed by atoms with E-state index in [4.69, 9.17) is 11.6 Å². The predicted molar refractivity (Wildman–Crippen MR) is 69.7 cm³/mol. The van der Waals surface area contributed by atoms with Gasteiger partial charge in [-0.2, -0.15) is 0 Å². The summed E-state index contributed by atoms with van der Waals surface area (Å²) in [4.78, 5) is 0. The van der Waals surface area contributed by atoms with E-state index >= 15 is 0 Å². The molecule has 0 amide bonds. The highest BCUT2D eigenvalue weighted by Gasteiger charge is 2.34. The second-order valence-corrected chi connectivity index (χ2v) is 5.42. The van der Waals surface area contributed by atoms with Gasteiger partial charge in [0.05, 0.1) is 0 Å². The van der Waals surface area contributed by atoms with Crippen molar-refractivity contribution in [2.24, 2.45) is 5.41 Å². The van der Waals surface area contributed by atoms with Crippen LogP contribution in [-0.2, 0) is 6.54 Å². The molecule has 1 N–H and O–H groups in total. The zero-order valence-electron chi connectivity index (χ0n) is 10.2. The molecule has 0 atom stereocenters. The van der Waals surface area contributed by atoms with Crippen molar-refractivity contribution in [2.45, 2.75) is 39.2 Å². The van der Waals surface area contributed by atoms with Crippen molar-refractivity contribution in [3.8, 4) is 0 Å². The number of halogens is 2. The number of hydrogen-bond acceptors (Lipinski definition) is 1. The summed E-state index contributed by atoms with van der Waals surface area (Å²) in [6.07, 6.45) is 5.12. The van der Waals surface area contributed by atoms with Gasteiger partial charge in [0.25, 0.3) is 0 Å². The average Bonchev–Trinajstić information content (AvgIpc) is 2.26. The lowest BCUT2D eigenvalue weighted by Gasteiger charge is -2.41. The highest BCUT2D eigenvalue weighted by Crippen LogP contribution is 2.43. The normalized spacial score (nSPS) is 17.8. The van der Waals surface area contributed by atoms with Gasteiger partial charge in [0.2, 0.25) is 0 Å². The van der Waals surface area contributed by atoms with Gasteiger partial charge >= 0.3 is 0 Å². The molecule has 1 aromatic carbocycles. The first kappa shape index (κ1) is 12.8. The van der Waals surface area contributed by atoms with E-state index in [-0.39, 0.29) is 5.82 Å². The van der Waals surface area contributed by atoms with Crippen molar-refractivity contribution in [3.05, 3.63) is 34.6 Å². The van der Waals surface area contributed by atoms with Gasteiger partial charge in [-0.15, -0.1) is 0 Å². The van der Waals surface area contributed by atoms with Gasteiger partial charge in [-0.1, -0.05) is 31.0 Å². The van der Waals surface area contributed by atoms with Crippen LogP contribution in [0.2, 0.25) is 5.02 Å². The molecule has 2 rings (SSSR count). The summed E-state index contributed by atoms with van der Waals surface area (Å²) in [5.41, 5.74) is 1.04. The van der Waals surface area contributed by atoms with Crippen LogP contribution in [0.15, 0.2) is 18.2 Å². The lowest BCUT2D eigenvalue weighted by atomic mass is 9.67. The van der Waals surface area contributed by atoms with E-state index in [0.717, 1.165) is 6.54 Å². The third-order valence-electron chi connectivity index (χ3n) is 4.03. The largest absolute Gasteiger partial charge is 0.312 e. The van der Waals surface area contributed by atoms with Crippen LogP contribution < -0.4 is 5.32 Å². The summed E-state index contributed by atoms with van der Waals surface area (Å²) in [5, 5.41) is 3.86. The molecule has 1 saturated carbocycles. The van der Waals surface area contributed by atoms with Gasteiger partial charge in [-0.05, 0) is 36.8 Å². The molecule has 3 heteroatoms. The van der Waals surface area contributed by atoms with Gasteiger partial charge in [0.1, 0.15) is 5.82 Å². The van der Waals surface area contributed by atoms with E-state index in [9.17, 15) is 4.39 Å². The summed E-state index contributed by atoms with van der Waals surface area (Å²) < 4.78 is 13.5. The van der Waals surface area contributed by atoms with E-state index in [1.54, 1.807) is 12.1 Å². The SMILES string of the molecule is CCC1(CNCc2c(F)cccc2Cl)CCC1. The molecule has 1 aromatic rings. The van der Waals surface area contributed by atoms with Crippen LogP contribution in [0, 0.1) is 11.2 Å². The topological polar surface area (TPSA) is 12.0 Å². The fourth-order valence-electron chi connectivity index (χ4n) is 2.49. The summed E-state index contributed by atoms with van der Waals surface area (Å²) in [7, 11) is 0. The molecule has 0 saturated heterocycles. The fraction of sp³-hybridized carbons (Fsp3) is 0.571. The number of nitrogens with one attached hydrogen (secondary N) is 1. The minimum atomic E-state index is -0.218. The second-order valence-electron chi connectivity index (χ2n) is 5.01. The number of benzene rings is 1. The Kier molecular flexibility index (Phi) is 4.05. The first-order valence-electron chi connectivity index (χ1n) is 6.30. The molecule has 0 aromatic heterocycles. The van der Waals surface area contributed by atoms with E-state index in [1.165, 1.54) is 31.7 Å². The minimum Gasteiger partial charge on any atom is -0.312 e. The molecule has 0 heterocycles. The first-order valence-corrected chi connectivity index (χ1v) is 6.68. The van der Waals surface area contributed by atoms with Crippen LogP contribution >= 0.6 is 11.6 Å². The Morgan fingerprint density at radius 3 is 2.71 bits per heavy atom. The summed E-state index contributed by atoms with van der Waals surface area (Å²) in [6.45, 7) is 3.72. The smallest absolute Gasteiger partial charge is 0.129 e. The Balaban J connectivity index is 1.90. The zero-order valence-corrected chi connectivity index (χ0v) is 11.0. The Bertz CT molecular complexity index is 362. The molecule has 94 valence electrons. The van der Waals surface area contributed by atoms with Gasteiger partial charge in [0, 0.05) is 23.7 Å².